The number of aromatic nitrogens is 2. The summed E-state index contributed by atoms with van der Waals surface area (Å²) < 4.78 is 1.82. The third-order valence-electron chi connectivity index (χ3n) is 4.90. The number of hydrogen-bond acceptors (Lipinski definition) is 3. The molecule has 1 aromatic carbocycles. The van der Waals surface area contributed by atoms with Crippen LogP contribution >= 0.6 is 0 Å². The molecule has 0 saturated heterocycles. The number of carbonyl (C=O) groups excluding carboxylic acids is 1. The molecule has 1 fully saturated rings. The van der Waals surface area contributed by atoms with Gasteiger partial charge in [0.05, 0.1) is 18.7 Å². The third kappa shape index (κ3) is 4.60. The van der Waals surface area contributed by atoms with Gasteiger partial charge in [0.1, 0.15) is 0 Å². The predicted octanol–water partition coefficient (Wildman–Crippen LogP) is 2.43. The summed E-state index contributed by atoms with van der Waals surface area (Å²) in [6, 6.07) is 11.5. The van der Waals surface area contributed by atoms with Crippen LogP contribution in [0.2, 0.25) is 0 Å². The molecule has 2 N–H and O–H groups in total. The van der Waals surface area contributed by atoms with Crippen molar-refractivity contribution in [2.75, 3.05) is 13.6 Å². The Hall–Kier alpha value is -2.34. The summed E-state index contributed by atoms with van der Waals surface area (Å²) in [7, 11) is 1.79. The topological polar surface area (TPSA) is 70.4 Å². The number of aliphatic hydroxyl groups is 1. The minimum Gasteiger partial charge on any atom is -0.393 e. The highest BCUT2D eigenvalue weighted by Gasteiger charge is 2.28. The van der Waals surface area contributed by atoms with Gasteiger partial charge in [-0.15, -0.1) is 0 Å². The van der Waals surface area contributed by atoms with Gasteiger partial charge < -0.3 is 15.3 Å². The Morgan fingerprint density at radius 1 is 1.36 bits per heavy atom. The molecule has 6 nitrogen and oxygen atoms in total. The van der Waals surface area contributed by atoms with Gasteiger partial charge in [0.25, 0.3) is 0 Å². The average Bonchev–Trinajstić information content (AvgIpc) is 3.27. The molecule has 3 atom stereocenters. The number of benzene rings is 1. The van der Waals surface area contributed by atoms with Gasteiger partial charge >= 0.3 is 6.03 Å². The molecule has 0 aliphatic heterocycles. The molecule has 2 aromatic rings. The van der Waals surface area contributed by atoms with E-state index in [0.29, 0.717) is 13.1 Å². The molecule has 134 valence electrons. The monoisotopic (exact) mass is 342 g/mol. The molecule has 6 heteroatoms. The van der Waals surface area contributed by atoms with Crippen LogP contribution in [-0.4, -0.2) is 45.5 Å². The van der Waals surface area contributed by atoms with Gasteiger partial charge in [0.2, 0.25) is 0 Å². The predicted molar refractivity (Wildman–Crippen MR) is 95.9 cm³/mol. The van der Waals surface area contributed by atoms with Gasteiger partial charge in [-0.2, -0.15) is 5.10 Å². The van der Waals surface area contributed by atoms with Crippen molar-refractivity contribution in [3.05, 3.63) is 54.4 Å². The molecule has 1 aliphatic carbocycles. The van der Waals surface area contributed by atoms with Crippen LogP contribution in [0.1, 0.15) is 30.9 Å². The second kappa shape index (κ2) is 8.16. The highest BCUT2D eigenvalue weighted by molar-refractivity contribution is 5.74. The van der Waals surface area contributed by atoms with Crippen molar-refractivity contribution in [2.24, 2.45) is 5.92 Å². The van der Waals surface area contributed by atoms with E-state index in [9.17, 15) is 9.90 Å². The quantitative estimate of drug-likeness (QED) is 0.847. The van der Waals surface area contributed by atoms with Crippen LogP contribution in [-0.2, 0) is 6.54 Å². The summed E-state index contributed by atoms with van der Waals surface area (Å²) in [4.78, 5) is 14.3. The van der Waals surface area contributed by atoms with Crippen molar-refractivity contribution in [3.63, 3.8) is 0 Å². The molecule has 0 bridgehead atoms. The van der Waals surface area contributed by atoms with Gasteiger partial charge in [-0.05, 0) is 24.5 Å². The first-order valence-corrected chi connectivity index (χ1v) is 8.85. The van der Waals surface area contributed by atoms with Crippen molar-refractivity contribution in [1.82, 2.24) is 20.0 Å². The molecular formula is C19H26N4O2. The fraction of sp³-hybridized carbons (Fsp3) is 0.474. The van der Waals surface area contributed by atoms with Crippen molar-refractivity contribution in [3.8, 4) is 0 Å². The summed E-state index contributed by atoms with van der Waals surface area (Å²) in [6.45, 7) is 1.15. The summed E-state index contributed by atoms with van der Waals surface area (Å²) in [5.41, 5.74) is 1.04. The smallest absolute Gasteiger partial charge is 0.317 e. The summed E-state index contributed by atoms with van der Waals surface area (Å²) >= 11 is 0. The van der Waals surface area contributed by atoms with Gasteiger partial charge in [0, 0.05) is 31.9 Å². The maximum absolute atomic E-state index is 12.7. The Morgan fingerprint density at radius 2 is 2.16 bits per heavy atom. The summed E-state index contributed by atoms with van der Waals surface area (Å²) in [6.07, 6.45) is 6.19. The first-order chi connectivity index (χ1) is 12.1. The third-order valence-corrected chi connectivity index (χ3v) is 4.90. The zero-order valence-corrected chi connectivity index (χ0v) is 14.6. The van der Waals surface area contributed by atoms with Gasteiger partial charge in [0.15, 0.2) is 0 Å². The van der Waals surface area contributed by atoms with E-state index < -0.39 is 0 Å². The number of carbonyl (C=O) groups is 1. The number of aliphatic hydroxyl groups excluding tert-OH is 1. The van der Waals surface area contributed by atoms with Crippen LogP contribution in [0.25, 0.3) is 0 Å². The first kappa shape index (κ1) is 17.5. The molecular weight excluding hydrogens is 316 g/mol. The van der Waals surface area contributed by atoms with Crippen LogP contribution in [0.4, 0.5) is 4.79 Å². The Bertz CT molecular complexity index is 659. The van der Waals surface area contributed by atoms with E-state index in [2.05, 4.69) is 10.4 Å². The van der Waals surface area contributed by atoms with Gasteiger partial charge in [-0.3, -0.25) is 4.68 Å². The van der Waals surface area contributed by atoms with Crippen LogP contribution in [0, 0.1) is 5.92 Å². The van der Waals surface area contributed by atoms with E-state index in [1.807, 2.05) is 47.3 Å². The minimum atomic E-state index is -0.288. The fourth-order valence-corrected chi connectivity index (χ4v) is 3.44. The number of amides is 2. The number of nitrogens with zero attached hydrogens (tertiary/aromatic N) is 3. The lowest BCUT2D eigenvalue weighted by atomic mass is 10.1. The maximum Gasteiger partial charge on any atom is 0.317 e. The summed E-state index contributed by atoms with van der Waals surface area (Å²) in [5.74, 6) is 0.178. The molecule has 2 amide bonds. The average molecular weight is 342 g/mol. The van der Waals surface area contributed by atoms with E-state index in [4.69, 9.17) is 0 Å². The second-order valence-corrected chi connectivity index (χ2v) is 6.78. The lowest BCUT2D eigenvalue weighted by Gasteiger charge is -2.27. The fourth-order valence-electron chi connectivity index (χ4n) is 3.44. The Balaban J connectivity index is 1.65. The SMILES string of the molecule is CN(C[C@@H]1CCC[C@@H]1O)C(=O)N[C@H](Cn1cccn1)c1ccccc1. The van der Waals surface area contributed by atoms with Gasteiger partial charge in [-0.25, -0.2) is 4.79 Å². The number of nitrogens with one attached hydrogen (secondary N) is 1. The van der Waals surface area contributed by atoms with Crippen LogP contribution < -0.4 is 5.32 Å². The second-order valence-electron chi connectivity index (χ2n) is 6.78. The number of urea groups is 1. The molecule has 0 unspecified atom stereocenters. The molecule has 3 rings (SSSR count). The maximum atomic E-state index is 12.7. The molecule has 25 heavy (non-hydrogen) atoms. The standard InChI is InChI=1S/C19H26N4O2/c1-22(13-16-9-5-10-18(16)24)19(25)21-17(14-23-12-6-11-20-23)15-7-3-2-4-8-15/h2-4,6-8,11-12,16-18,24H,5,9-10,13-14H2,1H3,(H,21,25)/t16-,17+,18-/m0/s1. The molecule has 0 spiro atoms. The van der Waals surface area contributed by atoms with Crippen molar-refractivity contribution in [2.45, 2.75) is 38.0 Å². The number of rotatable bonds is 6. The van der Waals surface area contributed by atoms with Crippen molar-refractivity contribution in [1.29, 1.82) is 0 Å². The molecule has 1 aliphatic rings. The molecule has 1 heterocycles. The normalized spacial score (nSPS) is 21.0. The molecule has 1 saturated carbocycles. The Kier molecular flexibility index (Phi) is 5.71. The van der Waals surface area contributed by atoms with E-state index >= 15 is 0 Å². The van der Waals surface area contributed by atoms with E-state index in [-0.39, 0.29) is 24.1 Å². The van der Waals surface area contributed by atoms with Crippen molar-refractivity contribution < 1.29 is 9.90 Å². The minimum absolute atomic E-state index is 0.125. The Labute approximate surface area is 148 Å². The zero-order chi connectivity index (χ0) is 17.6. The highest BCUT2D eigenvalue weighted by Crippen LogP contribution is 2.26. The highest BCUT2D eigenvalue weighted by atomic mass is 16.3. The lowest BCUT2D eigenvalue weighted by Crippen LogP contribution is -2.43. The van der Waals surface area contributed by atoms with Gasteiger partial charge in [-0.1, -0.05) is 36.8 Å². The molecule has 0 radical (unpaired) electrons. The van der Waals surface area contributed by atoms with Crippen molar-refractivity contribution >= 4 is 6.03 Å². The first-order valence-electron chi connectivity index (χ1n) is 8.85. The lowest BCUT2D eigenvalue weighted by molar-refractivity contribution is 0.113. The number of hydrogen-bond donors (Lipinski definition) is 2. The zero-order valence-electron chi connectivity index (χ0n) is 14.6. The molecule has 1 aromatic heterocycles. The largest absolute Gasteiger partial charge is 0.393 e. The van der Waals surface area contributed by atoms with E-state index in [0.717, 1.165) is 24.8 Å². The van der Waals surface area contributed by atoms with E-state index in [1.165, 1.54) is 0 Å². The summed E-state index contributed by atoms with van der Waals surface area (Å²) in [5, 5.41) is 17.3. The van der Waals surface area contributed by atoms with Crippen LogP contribution in [0.5, 0.6) is 0 Å². The van der Waals surface area contributed by atoms with E-state index in [1.54, 1.807) is 18.1 Å². The van der Waals surface area contributed by atoms with Crippen LogP contribution in [0.15, 0.2) is 48.8 Å². The Morgan fingerprint density at radius 3 is 2.80 bits per heavy atom. The van der Waals surface area contributed by atoms with Crippen LogP contribution in [0.3, 0.4) is 0 Å².